The molecule has 0 bridgehead atoms. The van der Waals surface area contributed by atoms with Crippen molar-refractivity contribution in [1.29, 1.82) is 0 Å². The van der Waals surface area contributed by atoms with Gasteiger partial charge in [-0.05, 0) is 101 Å². The summed E-state index contributed by atoms with van der Waals surface area (Å²) in [6, 6.07) is 16.6. The van der Waals surface area contributed by atoms with Gasteiger partial charge in [-0.15, -0.1) is 0 Å². The van der Waals surface area contributed by atoms with Crippen molar-refractivity contribution in [1.82, 2.24) is 20.9 Å². The number of hydrogen-bond donors (Lipinski definition) is 5. The number of hydrogen-bond acceptors (Lipinski definition) is 6. The highest BCUT2D eigenvalue weighted by Gasteiger charge is 2.31. The van der Waals surface area contributed by atoms with E-state index in [1.54, 1.807) is 84.9 Å². The Bertz CT molecular complexity index is 1600. The summed E-state index contributed by atoms with van der Waals surface area (Å²) in [6.07, 6.45) is -2.10. The van der Waals surface area contributed by atoms with E-state index in [1.165, 1.54) is 24.3 Å². The molecule has 0 aliphatic heterocycles. The molecule has 0 aliphatic carbocycles. The van der Waals surface area contributed by atoms with Gasteiger partial charge in [-0.25, -0.2) is 14.0 Å². The van der Waals surface area contributed by atoms with Crippen molar-refractivity contribution in [3.63, 3.8) is 0 Å². The number of carboxylic acid groups (broad SMARTS) is 1. The minimum Gasteiger partial charge on any atom is -0.508 e. The molecule has 12 heteroatoms. The molecule has 264 valence electrons. The van der Waals surface area contributed by atoms with Crippen LogP contribution in [0.3, 0.4) is 0 Å². The van der Waals surface area contributed by atoms with E-state index >= 15 is 0 Å². The number of phenols is 1. The molecule has 0 radical (unpaired) electrons. The van der Waals surface area contributed by atoms with E-state index in [9.17, 15) is 33.8 Å². The lowest BCUT2D eigenvalue weighted by Gasteiger charge is -2.31. The molecule has 11 nitrogen and oxygen atoms in total. The molecule has 3 aromatic carbocycles. The zero-order valence-electron chi connectivity index (χ0n) is 29.1. The Morgan fingerprint density at radius 1 is 0.918 bits per heavy atom. The van der Waals surface area contributed by atoms with Crippen LogP contribution in [-0.2, 0) is 20.9 Å². The summed E-state index contributed by atoms with van der Waals surface area (Å²) < 4.78 is 19.2. The second-order valence-electron chi connectivity index (χ2n) is 13.8. The summed E-state index contributed by atoms with van der Waals surface area (Å²) in [7, 11) is 0. The van der Waals surface area contributed by atoms with Crippen LogP contribution in [0.2, 0.25) is 0 Å². The molecule has 2 atom stereocenters. The monoisotopic (exact) mass is 678 g/mol. The van der Waals surface area contributed by atoms with Gasteiger partial charge in [0.25, 0.3) is 0 Å². The maximum absolute atomic E-state index is 13.8. The predicted octanol–water partition coefficient (Wildman–Crippen LogP) is 6.08. The van der Waals surface area contributed by atoms with Crippen molar-refractivity contribution in [2.24, 2.45) is 0 Å². The topological polar surface area (TPSA) is 157 Å². The van der Waals surface area contributed by atoms with E-state index < -0.39 is 52.9 Å². The molecular formula is C37H47FN4O7. The molecule has 2 unspecified atom stereocenters. The molecule has 49 heavy (non-hydrogen) atoms. The second kappa shape index (κ2) is 16.3. The van der Waals surface area contributed by atoms with Crippen LogP contribution >= 0.6 is 0 Å². The van der Waals surface area contributed by atoms with Crippen molar-refractivity contribution < 1.29 is 38.5 Å². The number of aromatic hydroxyl groups is 1. The SMILES string of the molecule is Cc1cc(O)cc(C)c1C(CC(=O)NC(C)(C)CNC(=O)C(CN(Cc1ccccc1)C(=O)O)c1ccc(F)cc1)NC(=O)OC(C)(C)C. The molecule has 0 fully saturated rings. The lowest BCUT2D eigenvalue weighted by Crippen LogP contribution is -2.53. The van der Waals surface area contributed by atoms with Crippen LogP contribution in [-0.4, -0.2) is 63.3 Å². The number of halogens is 1. The average Bonchev–Trinajstić information content (AvgIpc) is 2.97. The molecule has 0 spiro atoms. The number of carbonyl (C=O) groups is 4. The van der Waals surface area contributed by atoms with Crippen LogP contribution in [0.25, 0.3) is 0 Å². The van der Waals surface area contributed by atoms with Crippen LogP contribution in [0.1, 0.15) is 80.8 Å². The van der Waals surface area contributed by atoms with E-state index in [1.807, 2.05) is 6.07 Å². The number of aryl methyl sites for hydroxylation is 2. The molecule has 0 saturated carbocycles. The van der Waals surface area contributed by atoms with Crippen molar-refractivity contribution >= 4 is 24.0 Å². The number of rotatable bonds is 13. The molecular weight excluding hydrogens is 631 g/mol. The van der Waals surface area contributed by atoms with Crippen molar-refractivity contribution in [2.75, 3.05) is 13.1 Å². The van der Waals surface area contributed by atoms with Gasteiger partial charge in [-0.1, -0.05) is 42.5 Å². The van der Waals surface area contributed by atoms with Crippen molar-refractivity contribution in [3.8, 4) is 5.75 Å². The minimum atomic E-state index is -1.22. The first-order valence-electron chi connectivity index (χ1n) is 16.0. The van der Waals surface area contributed by atoms with E-state index in [0.29, 0.717) is 22.3 Å². The van der Waals surface area contributed by atoms with Gasteiger partial charge in [0.1, 0.15) is 17.2 Å². The number of amides is 4. The molecule has 0 heterocycles. The molecule has 3 aromatic rings. The van der Waals surface area contributed by atoms with Gasteiger partial charge in [0.05, 0.1) is 23.9 Å². The average molecular weight is 679 g/mol. The van der Waals surface area contributed by atoms with Crippen LogP contribution in [0.15, 0.2) is 66.7 Å². The fourth-order valence-corrected chi connectivity index (χ4v) is 5.54. The maximum atomic E-state index is 13.8. The Morgan fingerprint density at radius 3 is 2.06 bits per heavy atom. The van der Waals surface area contributed by atoms with Gasteiger partial charge < -0.3 is 35.8 Å². The van der Waals surface area contributed by atoms with Gasteiger partial charge in [0, 0.05) is 19.6 Å². The fraction of sp³-hybridized carbons (Fsp3) is 0.405. The Balaban J connectivity index is 1.76. The van der Waals surface area contributed by atoms with Gasteiger partial charge in [-0.2, -0.15) is 0 Å². The number of phenolic OH excluding ortho intramolecular Hbond substituents is 1. The van der Waals surface area contributed by atoms with E-state index in [2.05, 4.69) is 16.0 Å². The molecule has 4 amide bonds. The van der Waals surface area contributed by atoms with Gasteiger partial charge >= 0.3 is 12.2 Å². The molecule has 5 N–H and O–H groups in total. The number of carbonyl (C=O) groups excluding carboxylic acids is 3. The number of nitrogens with zero attached hydrogens (tertiary/aromatic N) is 1. The van der Waals surface area contributed by atoms with Gasteiger partial charge in [-0.3, -0.25) is 9.59 Å². The van der Waals surface area contributed by atoms with Crippen LogP contribution in [0, 0.1) is 19.7 Å². The molecule has 3 rings (SSSR count). The summed E-state index contributed by atoms with van der Waals surface area (Å²) in [5.74, 6) is -2.35. The van der Waals surface area contributed by atoms with Crippen molar-refractivity contribution in [3.05, 3.63) is 100 Å². The predicted molar refractivity (Wildman–Crippen MR) is 184 cm³/mol. The van der Waals surface area contributed by atoms with E-state index in [4.69, 9.17) is 4.74 Å². The summed E-state index contributed by atoms with van der Waals surface area (Å²) >= 11 is 0. The first-order chi connectivity index (χ1) is 22.8. The Hall–Kier alpha value is -5.13. The molecule has 0 aromatic heterocycles. The van der Waals surface area contributed by atoms with Gasteiger partial charge in [0.15, 0.2) is 0 Å². The Labute approximate surface area is 286 Å². The largest absolute Gasteiger partial charge is 0.508 e. The lowest BCUT2D eigenvalue weighted by atomic mass is 9.93. The third-order valence-electron chi connectivity index (χ3n) is 7.67. The summed E-state index contributed by atoms with van der Waals surface area (Å²) in [6.45, 7) is 12.0. The third-order valence-corrected chi connectivity index (χ3v) is 7.67. The Kier molecular flexibility index (Phi) is 12.8. The minimum absolute atomic E-state index is 0.0253. The molecule has 0 saturated heterocycles. The quantitative estimate of drug-likeness (QED) is 0.147. The van der Waals surface area contributed by atoms with E-state index in [-0.39, 0.29) is 31.8 Å². The normalized spacial score (nSPS) is 12.7. The third kappa shape index (κ3) is 12.1. The zero-order valence-corrected chi connectivity index (χ0v) is 29.1. The van der Waals surface area contributed by atoms with Crippen LogP contribution in [0.4, 0.5) is 14.0 Å². The van der Waals surface area contributed by atoms with Crippen molar-refractivity contribution in [2.45, 2.75) is 84.5 Å². The number of ether oxygens (including phenoxy) is 1. The highest BCUT2D eigenvalue weighted by atomic mass is 19.1. The lowest BCUT2D eigenvalue weighted by molar-refractivity contribution is -0.125. The fourth-order valence-electron chi connectivity index (χ4n) is 5.54. The van der Waals surface area contributed by atoms with Crippen LogP contribution < -0.4 is 16.0 Å². The van der Waals surface area contributed by atoms with E-state index in [0.717, 1.165) is 10.5 Å². The first-order valence-corrected chi connectivity index (χ1v) is 16.0. The summed E-state index contributed by atoms with van der Waals surface area (Å²) in [4.78, 5) is 53.2. The number of alkyl carbamates (subject to hydrolysis) is 1. The smallest absolute Gasteiger partial charge is 0.408 e. The zero-order chi connectivity index (χ0) is 36.5. The van der Waals surface area contributed by atoms with Crippen LogP contribution in [0.5, 0.6) is 5.75 Å². The molecule has 0 aliphatic rings. The van der Waals surface area contributed by atoms with Gasteiger partial charge in [0.2, 0.25) is 11.8 Å². The maximum Gasteiger partial charge on any atom is 0.408 e. The standard InChI is InChI=1S/C37H47FN4O7/c1-23-17-28(43)18-24(2)32(23)30(40-34(46)49-36(3,4)5)19-31(44)41-37(6,7)22-39-33(45)29(26-13-15-27(38)16-14-26)21-42(35(47)48)20-25-11-9-8-10-12-25/h8-18,29-30,43H,19-22H2,1-7H3,(H,39,45)(H,40,46)(H,41,44)(H,47,48). The number of nitrogens with one attached hydrogen (secondary N) is 3. The number of benzene rings is 3. The summed E-state index contributed by atoms with van der Waals surface area (Å²) in [5.41, 5.74) is 1.42. The highest BCUT2D eigenvalue weighted by molar-refractivity contribution is 5.85. The highest BCUT2D eigenvalue weighted by Crippen LogP contribution is 2.29. The second-order valence-corrected chi connectivity index (χ2v) is 13.8. The summed E-state index contributed by atoms with van der Waals surface area (Å²) in [5, 5.41) is 28.6. The Morgan fingerprint density at radius 2 is 1.51 bits per heavy atom. The first kappa shape index (κ1) is 38.3.